The summed E-state index contributed by atoms with van der Waals surface area (Å²) >= 11 is 0. The van der Waals surface area contributed by atoms with Crippen molar-refractivity contribution in [2.45, 2.75) is 26.1 Å². The van der Waals surface area contributed by atoms with Crippen LogP contribution in [0.3, 0.4) is 0 Å². The summed E-state index contributed by atoms with van der Waals surface area (Å²) in [5, 5.41) is 3.90. The van der Waals surface area contributed by atoms with Gasteiger partial charge in [0.05, 0.1) is 19.8 Å². The second-order valence-corrected chi connectivity index (χ2v) is 5.24. The lowest BCUT2D eigenvalue weighted by molar-refractivity contribution is -0.00852. The summed E-state index contributed by atoms with van der Waals surface area (Å²) in [4.78, 5) is 6.55. The Labute approximate surface area is 127 Å². The molecule has 0 amide bonds. The monoisotopic (exact) mass is 307 g/mol. The van der Waals surface area contributed by atoms with Crippen molar-refractivity contribution >= 4 is 0 Å². The van der Waals surface area contributed by atoms with Crippen molar-refractivity contribution < 1.29 is 18.4 Å². The summed E-state index contributed by atoms with van der Waals surface area (Å²) in [6, 6.07) is 6.14. The molecule has 1 fully saturated rings. The Balaban J connectivity index is 1.53. The van der Waals surface area contributed by atoms with Crippen molar-refractivity contribution in [1.82, 2.24) is 15.0 Å². The highest BCUT2D eigenvalue weighted by molar-refractivity contribution is 5.22. The second-order valence-electron chi connectivity index (χ2n) is 5.24. The number of aromatic nitrogens is 2. The molecule has 0 saturated carbocycles. The van der Waals surface area contributed by atoms with E-state index in [4.69, 9.17) is 14.0 Å². The fraction of sp³-hybridized carbons (Fsp3) is 0.467. The van der Waals surface area contributed by atoms with Gasteiger partial charge < -0.3 is 14.0 Å². The minimum absolute atomic E-state index is 0.188. The molecule has 22 heavy (non-hydrogen) atoms. The van der Waals surface area contributed by atoms with E-state index in [2.05, 4.69) is 22.0 Å². The van der Waals surface area contributed by atoms with Gasteiger partial charge in [-0.05, 0) is 31.2 Å². The standard InChI is InChI=1S/C15H18FN3O3/c1-11-9-20-7-6-19(11)8-15-17-14(18-22-15)10-21-13-4-2-12(16)3-5-13/h2-5,11H,6-10H2,1H3/t11-/m0/s1. The van der Waals surface area contributed by atoms with E-state index >= 15 is 0 Å². The maximum absolute atomic E-state index is 12.8. The van der Waals surface area contributed by atoms with Crippen LogP contribution in [0.1, 0.15) is 18.6 Å². The number of hydrogen-bond acceptors (Lipinski definition) is 6. The van der Waals surface area contributed by atoms with E-state index in [1.54, 1.807) is 12.1 Å². The summed E-state index contributed by atoms with van der Waals surface area (Å²) in [6.45, 7) is 5.19. The van der Waals surface area contributed by atoms with Gasteiger partial charge in [-0.3, -0.25) is 4.90 Å². The van der Waals surface area contributed by atoms with Gasteiger partial charge >= 0.3 is 0 Å². The molecule has 0 spiro atoms. The maximum atomic E-state index is 12.8. The lowest BCUT2D eigenvalue weighted by atomic mass is 10.2. The van der Waals surface area contributed by atoms with Crippen LogP contribution in [0.25, 0.3) is 0 Å². The normalized spacial score (nSPS) is 19.3. The molecule has 2 heterocycles. The maximum Gasteiger partial charge on any atom is 0.240 e. The third-order valence-electron chi connectivity index (χ3n) is 3.54. The lowest BCUT2D eigenvalue weighted by Gasteiger charge is -2.31. The Morgan fingerprint density at radius 2 is 2.18 bits per heavy atom. The van der Waals surface area contributed by atoms with Gasteiger partial charge in [0.1, 0.15) is 11.6 Å². The van der Waals surface area contributed by atoms with Crippen LogP contribution in [-0.2, 0) is 17.9 Å². The fourth-order valence-corrected chi connectivity index (χ4v) is 2.26. The van der Waals surface area contributed by atoms with E-state index in [0.29, 0.717) is 36.7 Å². The van der Waals surface area contributed by atoms with Gasteiger partial charge in [0.15, 0.2) is 6.61 Å². The van der Waals surface area contributed by atoms with Gasteiger partial charge in [-0.1, -0.05) is 5.16 Å². The largest absolute Gasteiger partial charge is 0.485 e. The lowest BCUT2D eigenvalue weighted by Crippen LogP contribution is -2.42. The van der Waals surface area contributed by atoms with Crippen molar-refractivity contribution in [2.75, 3.05) is 19.8 Å². The zero-order valence-corrected chi connectivity index (χ0v) is 12.4. The van der Waals surface area contributed by atoms with Crippen LogP contribution in [0, 0.1) is 5.82 Å². The number of nitrogens with zero attached hydrogens (tertiary/aromatic N) is 3. The van der Waals surface area contributed by atoms with Gasteiger partial charge in [-0.25, -0.2) is 4.39 Å². The van der Waals surface area contributed by atoms with E-state index < -0.39 is 0 Å². The van der Waals surface area contributed by atoms with Crippen molar-refractivity contribution in [3.63, 3.8) is 0 Å². The highest BCUT2D eigenvalue weighted by atomic mass is 19.1. The van der Waals surface area contributed by atoms with Crippen LogP contribution in [0.2, 0.25) is 0 Å². The first-order valence-electron chi connectivity index (χ1n) is 7.22. The van der Waals surface area contributed by atoms with Gasteiger partial charge in [-0.2, -0.15) is 4.98 Å². The van der Waals surface area contributed by atoms with Gasteiger partial charge in [0.2, 0.25) is 11.7 Å². The summed E-state index contributed by atoms with van der Waals surface area (Å²) in [6.07, 6.45) is 0. The molecule has 118 valence electrons. The molecule has 0 aliphatic carbocycles. The molecule has 0 bridgehead atoms. The number of halogens is 1. The smallest absolute Gasteiger partial charge is 0.240 e. The Hall–Kier alpha value is -1.99. The number of ether oxygens (including phenoxy) is 2. The predicted molar refractivity (Wildman–Crippen MR) is 75.7 cm³/mol. The number of rotatable bonds is 5. The third kappa shape index (κ3) is 3.80. The molecular formula is C15H18FN3O3. The Morgan fingerprint density at radius 1 is 1.36 bits per heavy atom. The van der Waals surface area contributed by atoms with Gasteiger partial charge in [0.25, 0.3) is 0 Å². The summed E-state index contributed by atoms with van der Waals surface area (Å²) in [5.74, 6) is 1.30. The summed E-state index contributed by atoms with van der Waals surface area (Å²) in [5.41, 5.74) is 0. The predicted octanol–water partition coefficient (Wildman–Crippen LogP) is 2.01. The Morgan fingerprint density at radius 3 is 2.95 bits per heavy atom. The molecule has 6 nitrogen and oxygen atoms in total. The molecule has 0 radical (unpaired) electrons. The van der Waals surface area contributed by atoms with E-state index in [-0.39, 0.29) is 12.4 Å². The van der Waals surface area contributed by atoms with Crippen molar-refractivity contribution in [3.05, 3.63) is 41.8 Å². The van der Waals surface area contributed by atoms with Crippen LogP contribution in [-0.4, -0.2) is 40.8 Å². The molecule has 0 unspecified atom stereocenters. The zero-order valence-electron chi connectivity index (χ0n) is 12.4. The quantitative estimate of drug-likeness (QED) is 0.842. The summed E-state index contributed by atoms with van der Waals surface area (Å²) < 4.78 is 28.9. The van der Waals surface area contributed by atoms with E-state index in [9.17, 15) is 4.39 Å². The number of hydrogen-bond donors (Lipinski definition) is 0. The molecule has 7 heteroatoms. The molecule has 1 aliphatic rings. The molecule has 2 aromatic rings. The average Bonchev–Trinajstić information content (AvgIpc) is 2.97. The molecule has 1 aromatic carbocycles. The average molecular weight is 307 g/mol. The SMILES string of the molecule is C[C@H]1COCCN1Cc1nc(COc2ccc(F)cc2)no1. The molecule has 1 atom stereocenters. The molecule has 1 aliphatic heterocycles. The van der Waals surface area contributed by atoms with Gasteiger partial charge in [-0.15, -0.1) is 0 Å². The fourth-order valence-electron chi connectivity index (χ4n) is 2.26. The van der Waals surface area contributed by atoms with Crippen LogP contribution < -0.4 is 4.74 Å². The van der Waals surface area contributed by atoms with Crippen molar-refractivity contribution in [3.8, 4) is 5.75 Å². The van der Waals surface area contributed by atoms with Crippen LogP contribution in [0.4, 0.5) is 4.39 Å². The number of morpholine rings is 1. The molecular weight excluding hydrogens is 289 g/mol. The second kappa shape index (κ2) is 6.85. The molecule has 0 N–H and O–H groups in total. The molecule has 1 saturated heterocycles. The van der Waals surface area contributed by atoms with Gasteiger partial charge in [0, 0.05) is 12.6 Å². The first kappa shape index (κ1) is 14.9. The van der Waals surface area contributed by atoms with Crippen molar-refractivity contribution in [1.29, 1.82) is 0 Å². The van der Waals surface area contributed by atoms with E-state index in [1.807, 2.05) is 0 Å². The number of benzene rings is 1. The van der Waals surface area contributed by atoms with Crippen LogP contribution in [0.5, 0.6) is 5.75 Å². The minimum atomic E-state index is -0.297. The Kier molecular flexibility index (Phi) is 4.65. The van der Waals surface area contributed by atoms with Crippen molar-refractivity contribution in [2.24, 2.45) is 0 Å². The highest BCUT2D eigenvalue weighted by Gasteiger charge is 2.21. The topological polar surface area (TPSA) is 60.6 Å². The summed E-state index contributed by atoms with van der Waals surface area (Å²) in [7, 11) is 0. The van der Waals surface area contributed by atoms with E-state index in [1.165, 1.54) is 12.1 Å². The van der Waals surface area contributed by atoms with Crippen LogP contribution >= 0.6 is 0 Å². The van der Waals surface area contributed by atoms with Crippen LogP contribution in [0.15, 0.2) is 28.8 Å². The third-order valence-corrected chi connectivity index (χ3v) is 3.54. The first-order chi connectivity index (χ1) is 10.7. The minimum Gasteiger partial charge on any atom is -0.485 e. The highest BCUT2D eigenvalue weighted by Crippen LogP contribution is 2.14. The molecule has 3 rings (SSSR count). The molecule has 1 aromatic heterocycles. The zero-order chi connectivity index (χ0) is 15.4. The van der Waals surface area contributed by atoms with E-state index in [0.717, 1.165) is 13.2 Å². The Bertz CT molecular complexity index is 602. The first-order valence-corrected chi connectivity index (χ1v) is 7.22.